The van der Waals surface area contributed by atoms with Crippen molar-refractivity contribution in [3.05, 3.63) is 66.6 Å². The summed E-state index contributed by atoms with van der Waals surface area (Å²) in [6, 6.07) is 10.7. The molecule has 0 saturated heterocycles. The molecule has 0 aliphatic rings. The van der Waals surface area contributed by atoms with Crippen molar-refractivity contribution in [2.45, 2.75) is 13.0 Å². The van der Waals surface area contributed by atoms with Gasteiger partial charge in [0.1, 0.15) is 12.7 Å². The number of hydrogen-bond donors (Lipinski definition) is 1. The molecule has 1 atom stereocenters. The maximum Gasteiger partial charge on any atom is 0.287 e. The number of likely N-dealkylation sites (N-methyl/N-ethyl adjacent to an activating group) is 1. The second kappa shape index (κ2) is 7.64. The highest BCUT2D eigenvalue weighted by atomic mass is 16.3. The van der Waals surface area contributed by atoms with Gasteiger partial charge in [0, 0.05) is 7.05 Å². The molecule has 0 fully saturated rings. The molecule has 0 aliphatic carbocycles. The Morgan fingerprint density at radius 1 is 1.27 bits per heavy atom. The smallest absolute Gasteiger partial charge is 0.287 e. The van der Waals surface area contributed by atoms with Crippen molar-refractivity contribution in [3.63, 3.8) is 0 Å². The summed E-state index contributed by atoms with van der Waals surface area (Å²) in [7, 11) is 1.71. The molecule has 26 heavy (non-hydrogen) atoms. The normalized spacial score (nSPS) is 11.8. The molecule has 0 unspecified atom stereocenters. The predicted molar refractivity (Wildman–Crippen MR) is 93.6 cm³/mol. The Hall–Kier alpha value is -3.42. The van der Waals surface area contributed by atoms with Crippen LogP contribution in [0.4, 0.5) is 0 Å². The second-order valence-corrected chi connectivity index (χ2v) is 5.77. The van der Waals surface area contributed by atoms with Crippen molar-refractivity contribution in [2.75, 3.05) is 13.6 Å². The van der Waals surface area contributed by atoms with Gasteiger partial charge in [0.25, 0.3) is 5.91 Å². The molecule has 3 aromatic rings. The van der Waals surface area contributed by atoms with Gasteiger partial charge in [-0.05, 0) is 36.8 Å². The standard InChI is InChI=1S/C18H19N5O3/c1-13(14-5-7-15(8-6-14)23-12-19-11-21-23)22(2)17(24)10-20-18(25)16-4-3-9-26-16/h3-9,11-13H,10H2,1-2H3,(H,20,25)/t13-/m1/s1. The van der Waals surface area contributed by atoms with Crippen LogP contribution in [0, 0.1) is 0 Å². The number of amides is 2. The van der Waals surface area contributed by atoms with Crippen LogP contribution < -0.4 is 5.32 Å². The molecule has 8 heteroatoms. The fourth-order valence-electron chi connectivity index (χ4n) is 2.46. The lowest BCUT2D eigenvalue weighted by atomic mass is 10.1. The Kier molecular flexibility index (Phi) is 5.12. The molecule has 1 aromatic carbocycles. The number of hydrogen-bond acceptors (Lipinski definition) is 5. The summed E-state index contributed by atoms with van der Waals surface area (Å²) in [5.41, 5.74) is 1.86. The van der Waals surface area contributed by atoms with Crippen molar-refractivity contribution in [1.82, 2.24) is 25.0 Å². The first-order chi connectivity index (χ1) is 12.6. The predicted octanol–water partition coefficient (Wildman–Crippen LogP) is 1.81. The maximum atomic E-state index is 12.3. The van der Waals surface area contributed by atoms with Crippen LogP contribution in [0.1, 0.15) is 29.1 Å². The molecule has 2 heterocycles. The first kappa shape index (κ1) is 17.4. The molecule has 1 N–H and O–H groups in total. The number of nitrogens with one attached hydrogen (secondary N) is 1. The molecule has 3 rings (SSSR count). The summed E-state index contributed by atoms with van der Waals surface area (Å²) >= 11 is 0. The molecule has 8 nitrogen and oxygen atoms in total. The zero-order valence-electron chi connectivity index (χ0n) is 14.5. The van der Waals surface area contributed by atoms with Gasteiger partial charge in [-0.1, -0.05) is 12.1 Å². The number of rotatable bonds is 6. The van der Waals surface area contributed by atoms with E-state index in [1.165, 1.54) is 12.6 Å². The fourth-order valence-corrected chi connectivity index (χ4v) is 2.46. The molecule has 134 valence electrons. The SMILES string of the molecule is C[C@H](c1ccc(-n2cncn2)cc1)N(C)C(=O)CNC(=O)c1ccco1. The van der Waals surface area contributed by atoms with Crippen molar-refractivity contribution in [2.24, 2.45) is 0 Å². The quantitative estimate of drug-likeness (QED) is 0.729. The summed E-state index contributed by atoms with van der Waals surface area (Å²) in [4.78, 5) is 29.7. The third-order valence-corrected chi connectivity index (χ3v) is 4.18. The van der Waals surface area contributed by atoms with E-state index in [0.717, 1.165) is 11.3 Å². The van der Waals surface area contributed by atoms with Crippen molar-refractivity contribution >= 4 is 11.8 Å². The maximum absolute atomic E-state index is 12.3. The highest BCUT2D eigenvalue weighted by Gasteiger charge is 2.19. The molecule has 0 spiro atoms. The van der Waals surface area contributed by atoms with E-state index in [1.807, 2.05) is 31.2 Å². The molecule has 2 aromatic heterocycles. The molecular formula is C18H19N5O3. The lowest BCUT2D eigenvalue weighted by Crippen LogP contribution is -2.39. The van der Waals surface area contributed by atoms with E-state index >= 15 is 0 Å². The summed E-state index contributed by atoms with van der Waals surface area (Å²) in [5.74, 6) is -0.434. The molecule has 0 radical (unpaired) electrons. The summed E-state index contributed by atoms with van der Waals surface area (Å²) in [5, 5.41) is 6.64. The Morgan fingerprint density at radius 3 is 2.65 bits per heavy atom. The number of aromatic nitrogens is 3. The van der Waals surface area contributed by atoms with E-state index < -0.39 is 5.91 Å². The van der Waals surface area contributed by atoms with Crippen molar-refractivity contribution in [1.29, 1.82) is 0 Å². The van der Waals surface area contributed by atoms with Crippen LogP contribution in [0.25, 0.3) is 5.69 Å². The summed E-state index contributed by atoms with van der Waals surface area (Å²) in [6.45, 7) is 1.83. The Bertz CT molecular complexity index is 857. The van der Waals surface area contributed by atoms with Crippen molar-refractivity contribution in [3.8, 4) is 5.69 Å². The van der Waals surface area contributed by atoms with Gasteiger partial charge in [-0.2, -0.15) is 5.10 Å². The number of carbonyl (C=O) groups is 2. The van der Waals surface area contributed by atoms with E-state index in [9.17, 15) is 9.59 Å². The third kappa shape index (κ3) is 3.80. The van der Waals surface area contributed by atoms with E-state index in [1.54, 1.807) is 35.1 Å². The van der Waals surface area contributed by atoms with Gasteiger partial charge in [-0.15, -0.1) is 0 Å². The first-order valence-corrected chi connectivity index (χ1v) is 8.08. The van der Waals surface area contributed by atoms with Crippen molar-refractivity contribution < 1.29 is 14.0 Å². The topological polar surface area (TPSA) is 93.3 Å². The monoisotopic (exact) mass is 353 g/mol. The molecule has 0 saturated carbocycles. The van der Waals surface area contributed by atoms with Gasteiger partial charge in [-0.3, -0.25) is 9.59 Å². The van der Waals surface area contributed by atoms with Gasteiger partial charge in [0.15, 0.2) is 5.76 Å². The lowest BCUT2D eigenvalue weighted by Gasteiger charge is -2.25. The van der Waals surface area contributed by atoms with E-state index in [0.29, 0.717) is 0 Å². The lowest BCUT2D eigenvalue weighted by molar-refractivity contribution is -0.130. The second-order valence-electron chi connectivity index (χ2n) is 5.77. The zero-order valence-corrected chi connectivity index (χ0v) is 14.5. The van der Waals surface area contributed by atoms with Crippen LogP contribution in [0.3, 0.4) is 0 Å². The van der Waals surface area contributed by atoms with E-state index in [4.69, 9.17) is 4.42 Å². The minimum absolute atomic E-state index is 0.0998. The van der Waals surface area contributed by atoms with Gasteiger partial charge < -0.3 is 14.6 Å². The van der Waals surface area contributed by atoms with Crippen LogP contribution in [-0.4, -0.2) is 45.1 Å². The average Bonchev–Trinajstić information content (AvgIpc) is 3.38. The molecular weight excluding hydrogens is 334 g/mol. The molecule has 0 aliphatic heterocycles. The highest BCUT2D eigenvalue weighted by Crippen LogP contribution is 2.20. The summed E-state index contributed by atoms with van der Waals surface area (Å²) < 4.78 is 6.66. The Labute approximate surface area is 150 Å². The third-order valence-electron chi connectivity index (χ3n) is 4.18. The number of furan rings is 1. The van der Waals surface area contributed by atoms with Crippen LogP contribution in [0.5, 0.6) is 0 Å². The molecule has 2 amide bonds. The number of nitrogens with zero attached hydrogens (tertiary/aromatic N) is 4. The highest BCUT2D eigenvalue weighted by molar-refractivity contribution is 5.94. The fraction of sp³-hybridized carbons (Fsp3) is 0.222. The van der Waals surface area contributed by atoms with Crippen LogP contribution in [-0.2, 0) is 4.79 Å². The van der Waals surface area contributed by atoms with Gasteiger partial charge in [0.2, 0.25) is 5.91 Å². The van der Waals surface area contributed by atoms with Gasteiger partial charge in [0.05, 0.1) is 24.5 Å². The zero-order chi connectivity index (χ0) is 18.5. The van der Waals surface area contributed by atoms with Gasteiger partial charge in [-0.25, -0.2) is 9.67 Å². The van der Waals surface area contributed by atoms with Crippen LogP contribution in [0.2, 0.25) is 0 Å². The molecule has 0 bridgehead atoms. The van der Waals surface area contributed by atoms with Gasteiger partial charge >= 0.3 is 0 Å². The number of carbonyl (C=O) groups excluding carboxylic acids is 2. The minimum atomic E-state index is -0.415. The van der Waals surface area contributed by atoms with E-state index in [-0.39, 0.29) is 24.3 Å². The average molecular weight is 353 g/mol. The largest absolute Gasteiger partial charge is 0.459 e. The first-order valence-electron chi connectivity index (χ1n) is 8.08. The Morgan fingerprint density at radius 2 is 2.04 bits per heavy atom. The summed E-state index contributed by atoms with van der Waals surface area (Å²) in [6.07, 6.45) is 4.50. The van der Waals surface area contributed by atoms with Crippen LogP contribution >= 0.6 is 0 Å². The van der Waals surface area contributed by atoms with Crippen LogP contribution in [0.15, 0.2) is 59.7 Å². The van der Waals surface area contributed by atoms with E-state index in [2.05, 4.69) is 15.4 Å². The number of benzene rings is 1. The Balaban J connectivity index is 1.58. The minimum Gasteiger partial charge on any atom is -0.459 e.